The third-order valence-corrected chi connectivity index (χ3v) is 3.18. The number of hydrogen-bond donors (Lipinski definition) is 1. The van der Waals surface area contributed by atoms with Gasteiger partial charge in [-0.2, -0.15) is 4.37 Å². The Labute approximate surface area is 82.1 Å². The molecule has 1 aromatic heterocycles. The number of nitrogens with zero attached hydrogens (tertiary/aromatic N) is 3. The van der Waals surface area contributed by atoms with Gasteiger partial charge in [0.2, 0.25) is 5.13 Å². The predicted molar refractivity (Wildman–Crippen MR) is 54.2 cm³/mol. The van der Waals surface area contributed by atoms with E-state index in [2.05, 4.69) is 19.6 Å². The van der Waals surface area contributed by atoms with E-state index >= 15 is 0 Å². The molecule has 1 saturated heterocycles. The van der Waals surface area contributed by atoms with Gasteiger partial charge in [0.05, 0.1) is 0 Å². The highest BCUT2D eigenvalue weighted by Crippen LogP contribution is 2.19. The van der Waals surface area contributed by atoms with E-state index in [9.17, 15) is 0 Å². The number of piperidine rings is 1. The zero-order valence-electron chi connectivity index (χ0n) is 7.73. The Morgan fingerprint density at radius 2 is 2.62 bits per heavy atom. The Kier molecular flexibility index (Phi) is 2.75. The van der Waals surface area contributed by atoms with Crippen LogP contribution < -0.4 is 10.2 Å². The molecule has 0 spiro atoms. The normalized spacial score (nSPS) is 23.5. The first-order valence-corrected chi connectivity index (χ1v) is 5.36. The van der Waals surface area contributed by atoms with Crippen LogP contribution in [0, 0.1) is 0 Å². The van der Waals surface area contributed by atoms with Crippen molar-refractivity contribution in [2.75, 3.05) is 25.0 Å². The number of anilines is 1. The van der Waals surface area contributed by atoms with Gasteiger partial charge in [0.1, 0.15) is 6.33 Å². The van der Waals surface area contributed by atoms with Crippen molar-refractivity contribution in [1.29, 1.82) is 0 Å². The summed E-state index contributed by atoms with van der Waals surface area (Å²) in [5.74, 6) is 0. The van der Waals surface area contributed by atoms with Crippen LogP contribution in [0.4, 0.5) is 5.13 Å². The lowest BCUT2D eigenvalue weighted by Gasteiger charge is -2.31. The van der Waals surface area contributed by atoms with E-state index in [1.165, 1.54) is 24.4 Å². The maximum atomic E-state index is 4.21. The third kappa shape index (κ3) is 1.97. The van der Waals surface area contributed by atoms with Crippen LogP contribution in [0.5, 0.6) is 0 Å². The molecule has 0 aromatic carbocycles. The number of rotatable bonds is 2. The van der Waals surface area contributed by atoms with E-state index in [4.69, 9.17) is 0 Å². The minimum Gasteiger partial charge on any atom is -0.345 e. The van der Waals surface area contributed by atoms with Crippen molar-refractivity contribution in [3.8, 4) is 0 Å². The summed E-state index contributed by atoms with van der Waals surface area (Å²) < 4.78 is 4.02. The van der Waals surface area contributed by atoms with E-state index in [1.54, 1.807) is 6.33 Å². The van der Waals surface area contributed by atoms with Crippen molar-refractivity contribution >= 4 is 16.7 Å². The summed E-state index contributed by atoms with van der Waals surface area (Å²) in [5, 5.41) is 4.37. The summed E-state index contributed by atoms with van der Waals surface area (Å²) in [6.07, 6.45) is 4.14. The molecule has 0 saturated carbocycles. The summed E-state index contributed by atoms with van der Waals surface area (Å²) in [5.41, 5.74) is 0. The molecule has 0 aliphatic carbocycles. The second-order valence-electron chi connectivity index (χ2n) is 3.30. The van der Waals surface area contributed by atoms with Gasteiger partial charge in [-0.05, 0) is 19.9 Å². The van der Waals surface area contributed by atoms with Gasteiger partial charge in [0, 0.05) is 30.7 Å². The lowest BCUT2D eigenvalue weighted by atomic mass is 10.1. The molecule has 4 nitrogen and oxygen atoms in total. The highest BCUT2D eigenvalue weighted by Gasteiger charge is 2.19. The molecular weight excluding hydrogens is 184 g/mol. The quantitative estimate of drug-likeness (QED) is 0.760. The summed E-state index contributed by atoms with van der Waals surface area (Å²) in [6, 6.07) is 0.609. The number of aromatic nitrogens is 2. The minimum atomic E-state index is 0.609. The molecule has 0 radical (unpaired) electrons. The first-order valence-electron chi connectivity index (χ1n) is 4.59. The molecular formula is C8H14N4S. The molecule has 0 bridgehead atoms. The van der Waals surface area contributed by atoms with Crippen LogP contribution >= 0.6 is 11.5 Å². The number of hydrogen-bond acceptors (Lipinski definition) is 5. The summed E-state index contributed by atoms with van der Waals surface area (Å²) in [6.45, 7) is 2.18. The largest absolute Gasteiger partial charge is 0.345 e. The Morgan fingerprint density at radius 1 is 1.69 bits per heavy atom. The highest BCUT2D eigenvalue weighted by atomic mass is 32.1. The lowest BCUT2D eigenvalue weighted by molar-refractivity contribution is 0.449. The topological polar surface area (TPSA) is 41.0 Å². The van der Waals surface area contributed by atoms with Crippen molar-refractivity contribution in [2.24, 2.45) is 0 Å². The Hall–Kier alpha value is -0.680. The van der Waals surface area contributed by atoms with E-state index in [1.807, 2.05) is 7.05 Å². The van der Waals surface area contributed by atoms with Crippen LogP contribution in [-0.2, 0) is 0 Å². The van der Waals surface area contributed by atoms with Crippen molar-refractivity contribution < 1.29 is 0 Å². The molecule has 1 aromatic rings. The van der Waals surface area contributed by atoms with Gasteiger partial charge in [0.25, 0.3) is 0 Å². The molecule has 1 unspecified atom stereocenters. The number of likely N-dealkylation sites (N-methyl/N-ethyl adjacent to an activating group) is 1. The molecule has 0 amide bonds. The monoisotopic (exact) mass is 198 g/mol. The van der Waals surface area contributed by atoms with Gasteiger partial charge in [-0.25, -0.2) is 4.98 Å². The minimum absolute atomic E-state index is 0.609. The molecule has 1 atom stereocenters. The predicted octanol–water partition coefficient (Wildman–Crippen LogP) is 0.726. The molecule has 1 aliphatic heterocycles. The number of nitrogens with one attached hydrogen (secondary N) is 1. The smallest absolute Gasteiger partial charge is 0.204 e. The second-order valence-corrected chi connectivity index (χ2v) is 4.06. The fraction of sp³-hybridized carbons (Fsp3) is 0.750. The van der Waals surface area contributed by atoms with Crippen LogP contribution in [0.1, 0.15) is 12.8 Å². The SMILES string of the molecule is CNC1CCCN(c2ncns2)C1. The standard InChI is InChI=1S/C8H14N4S/c1-9-7-3-2-4-12(5-7)8-10-6-11-13-8/h6-7,9H,2-5H2,1H3. The molecule has 13 heavy (non-hydrogen) atoms. The molecule has 2 rings (SSSR count). The molecule has 1 N–H and O–H groups in total. The van der Waals surface area contributed by atoms with Crippen LogP contribution in [-0.4, -0.2) is 35.5 Å². The molecule has 72 valence electrons. The van der Waals surface area contributed by atoms with Crippen LogP contribution in [0.15, 0.2) is 6.33 Å². The summed E-state index contributed by atoms with van der Waals surface area (Å²) in [7, 11) is 2.02. The Morgan fingerprint density at radius 3 is 3.31 bits per heavy atom. The molecule has 5 heteroatoms. The highest BCUT2D eigenvalue weighted by molar-refractivity contribution is 7.09. The van der Waals surface area contributed by atoms with Gasteiger partial charge in [-0.15, -0.1) is 0 Å². The van der Waals surface area contributed by atoms with Gasteiger partial charge in [0.15, 0.2) is 0 Å². The van der Waals surface area contributed by atoms with Gasteiger partial charge in [-0.3, -0.25) is 0 Å². The molecule has 1 fully saturated rings. The fourth-order valence-corrected chi connectivity index (χ4v) is 2.26. The summed E-state index contributed by atoms with van der Waals surface area (Å²) in [4.78, 5) is 6.52. The summed E-state index contributed by atoms with van der Waals surface area (Å²) >= 11 is 1.48. The maximum absolute atomic E-state index is 4.21. The van der Waals surface area contributed by atoms with Gasteiger partial charge in [-0.1, -0.05) is 0 Å². The van der Waals surface area contributed by atoms with E-state index in [-0.39, 0.29) is 0 Å². The first kappa shape index (κ1) is 8.90. The Balaban J connectivity index is 2.00. The average molecular weight is 198 g/mol. The van der Waals surface area contributed by atoms with Crippen molar-refractivity contribution in [3.05, 3.63) is 6.33 Å². The lowest BCUT2D eigenvalue weighted by Crippen LogP contribution is -2.44. The van der Waals surface area contributed by atoms with Crippen LogP contribution in [0.2, 0.25) is 0 Å². The van der Waals surface area contributed by atoms with Crippen LogP contribution in [0.25, 0.3) is 0 Å². The zero-order chi connectivity index (χ0) is 9.10. The van der Waals surface area contributed by atoms with E-state index < -0.39 is 0 Å². The van der Waals surface area contributed by atoms with Gasteiger partial charge >= 0.3 is 0 Å². The molecule has 1 aliphatic rings. The average Bonchev–Trinajstić information content (AvgIpc) is 2.71. The van der Waals surface area contributed by atoms with Crippen LogP contribution in [0.3, 0.4) is 0 Å². The van der Waals surface area contributed by atoms with Gasteiger partial charge < -0.3 is 10.2 Å². The third-order valence-electron chi connectivity index (χ3n) is 2.45. The first-order chi connectivity index (χ1) is 6.40. The van der Waals surface area contributed by atoms with Crippen molar-refractivity contribution in [3.63, 3.8) is 0 Å². The van der Waals surface area contributed by atoms with E-state index in [0.29, 0.717) is 6.04 Å². The van der Waals surface area contributed by atoms with E-state index in [0.717, 1.165) is 18.2 Å². The second kappa shape index (κ2) is 4.02. The maximum Gasteiger partial charge on any atom is 0.204 e. The fourth-order valence-electron chi connectivity index (χ4n) is 1.69. The molecule has 2 heterocycles. The Bertz CT molecular complexity index is 249. The van der Waals surface area contributed by atoms with Crippen molar-refractivity contribution in [2.45, 2.75) is 18.9 Å². The zero-order valence-corrected chi connectivity index (χ0v) is 8.55. The van der Waals surface area contributed by atoms with Crippen molar-refractivity contribution in [1.82, 2.24) is 14.7 Å².